The Morgan fingerprint density at radius 3 is 2.69 bits per heavy atom. The van der Waals surface area contributed by atoms with Gasteiger partial charge < -0.3 is 10.6 Å². The van der Waals surface area contributed by atoms with Gasteiger partial charge >= 0.3 is 0 Å². The van der Waals surface area contributed by atoms with Gasteiger partial charge in [0.2, 0.25) is 0 Å². The summed E-state index contributed by atoms with van der Waals surface area (Å²) < 4.78 is 0. The highest BCUT2D eigenvalue weighted by atomic mass is 15.2. The predicted molar refractivity (Wildman–Crippen MR) is 69.4 cm³/mol. The molecule has 0 spiro atoms. The molecular weight excluding hydrogens is 196 g/mol. The Morgan fingerprint density at radius 1 is 1.31 bits per heavy atom. The van der Waals surface area contributed by atoms with E-state index in [2.05, 4.69) is 25.7 Å². The molecule has 2 N–H and O–H groups in total. The molecule has 16 heavy (non-hydrogen) atoms. The molecule has 2 rings (SSSR count). The minimum Gasteiger partial charge on any atom is -0.327 e. The van der Waals surface area contributed by atoms with E-state index in [1.165, 1.54) is 45.2 Å². The summed E-state index contributed by atoms with van der Waals surface area (Å²) in [6.07, 6.45) is 6.61. The summed E-state index contributed by atoms with van der Waals surface area (Å²) >= 11 is 0. The molecule has 0 aromatic carbocycles. The monoisotopic (exact) mass is 224 g/mol. The highest BCUT2D eigenvalue weighted by Crippen LogP contribution is 2.38. The van der Waals surface area contributed by atoms with Gasteiger partial charge in [-0.2, -0.15) is 0 Å². The quantitative estimate of drug-likeness (QED) is 0.781. The summed E-state index contributed by atoms with van der Waals surface area (Å²) in [6.45, 7) is 9.71. The van der Waals surface area contributed by atoms with Gasteiger partial charge in [0.15, 0.2) is 0 Å². The highest BCUT2D eigenvalue weighted by Gasteiger charge is 2.35. The average Bonchev–Trinajstić information content (AvgIpc) is 2.58. The topological polar surface area (TPSA) is 29.3 Å². The summed E-state index contributed by atoms with van der Waals surface area (Å²) in [7, 11) is 0. The lowest BCUT2D eigenvalue weighted by Crippen LogP contribution is -2.45. The van der Waals surface area contributed by atoms with Crippen LogP contribution in [0.1, 0.15) is 52.9 Å². The third kappa shape index (κ3) is 2.78. The van der Waals surface area contributed by atoms with Crippen LogP contribution in [-0.2, 0) is 0 Å². The van der Waals surface area contributed by atoms with Crippen LogP contribution in [0.2, 0.25) is 0 Å². The van der Waals surface area contributed by atoms with Crippen molar-refractivity contribution in [2.24, 2.45) is 17.1 Å². The summed E-state index contributed by atoms with van der Waals surface area (Å²) in [5, 5.41) is 0. The second kappa shape index (κ2) is 4.66. The Bertz CT molecular complexity index is 237. The first-order valence-corrected chi connectivity index (χ1v) is 6.97. The Labute approximate surface area is 101 Å². The van der Waals surface area contributed by atoms with Crippen LogP contribution in [0.4, 0.5) is 0 Å². The lowest BCUT2D eigenvalue weighted by atomic mass is 9.70. The Hall–Kier alpha value is -0.0800. The molecule has 0 radical (unpaired) electrons. The van der Waals surface area contributed by atoms with E-state index in [1.54, 1.807) is 0 Å². The minimum absolute atomic E-state index is 0.445. The van der Waals surface area contributed by atoms with E-state index in [0.717, 1.165) is 12.0 Å². The Morgan fingerprint density at radius 2 is 2.06 bits per heavy atom. The predicted octanol–water partition coefficient (Wildman–Crippen LogP) is 2.62. The molecule has 1 saturated carbocycles. The number of hydrogen-bond donors (Lipinski definition) is 1. The number of nitrogens with two attached hydrogens (primary N) is 1. The lowest BCUT2D eigenvalue weighted by molar-refractivity contribution is 0.112. The van der Waals surface area contributed by atoms with Crippen LogP contribution in [0, 0.1) is 11.3 Å². The maximum absolute atomic E-state index is 6.30. The first-order chi connectivity index (χ1) is 7.48. The van der Waals surface area contributed by atoms with Crippen molar-refractivity contribution in [3.8, 4) is 0 Å². The van der Waals surface area contributed by atoms with Gasteiger partial charge in [0.25, 0.3) is 0 Å². The first-order valence-electron chi connectivity index (χ1n) is 6.97. The van der Waals surface area contributed by atoms with Gasteiger partial charge in [-0.3, -0.25) is 0 Å². The van der Waals surface area contributed by atoms with E-state index in [-0.39, 0.29) is 0 Å². The van der Waals surface area contributed by atoms with Gasteiger partial charge in [-0.05, 0) is 56.9 Å². The molecule has 2 heteroatoms. The molecule has 3 unspecified atom stereocenters. The number of hydrogen-bond acceptors (Lipinski definition) is 2. The van der Waals surface area contributed by atoms with E-state index in [1.807, 2.05) is 0 Å². The zero-order valence-corrected chi connectivity index (χ0v) is 11.2. The van der Waals surface area contributed by atoms with Crippen molar-refractivity contribution in [1.29, 1.82) is 0 Å². The normalized spacial score (nSPS) is 40.1. The fourth-order valence-electron chi connectivity index (χ4n) is 3.52. The molecule has 1 heterocycles. The minimum atomic E-state index is 0.445. The van der Waals surface area contributed by atoms with E-state index < -0.39 is 0 Å². The van der Waals surface area contributed by atoms with E-state index in [0.29, 0.717) is 11.5 Å². The van der Waals surface area contributed by atoms with Gasteiger partial charge in [0.05, 0.1) is 0 Å². The molecule has 0 aromatic rings. The third-order valence-corrected chi connectivity index (χ3v) is 4.73. The molecule has 2 nitrogen and oxygen atoms in total. The molecule has 0 aromatic heterocycles. The van der Waals surface area contributed by atoms with Crippen molar-refractivity contribution in [2.75, 3.05) is 13.1 Å². The van der Waals surface area contributed by atoms with E-state index in [9.17, 15) is 0 Å². The summed E-state index contributed by atoms with van der Waals surface area (Å²) in [6, 6.07) is 1.23. The maximum atomic E-state index is 6.30. The summed E-state index contributed by atoms with van der Waals surface area (Å²) in [5.74, 6) is 0.726. The van der Waals surface area contributed by atoms with Crippen molar-refractivity contribution in [3.63, 3.8) is 0 Å². The Balaban J connectivity index is 1.92. The molecule has 2 aliphatic rings. The van der Waals surface area contributed by atoms with Crippen molar-refractivity contribution in [3.05, 3.63) is 0 Å². The van der Waals surface area contributed by atoms with Crippen LogP contribution in [0.5, 0.6) is 0 Å². The molecule has 3 atom stereocenters. The molecule has 94 valence electrons. The molecule has 0 bridgehead atoms. The lowest BCUT2D eigenvalue weighted by Gasteiger charge is -2.41. The largest absolute Gasteiger partial charge is 0.327 e. The van der Waals surface area contributed by atoms with Gasteiger partial charge in [0.1, 0.15) is 0 Å². The molecule has 0 amide bonds. The fraction of sp³-hybridized carbons (Fsp3) is 1.00. The number of rotatable bonds is 2. The van der Waals surface area contributed by atoms with Gasteiger partial charge in [-0.1, -0.05) is 13.8 Å². The Kier molecular flexibility index (Phi) is 3.60. The maximum Gasteiger partial charge on any atom is 0.00797 e. The van der Waals surface area contributed by atoms with Crippen LogP contribution < -0.4 is 5.73 Å². The van der Waals surface area contributed by atoms with Crippen LogP contribution in [0.15, 0.2) is 0 Å². The van der Waals surface area contributed by atoms with Crippen LogP contribution in [-0.4, -0.2) is 30.1 Å². The smallest absolute Gasteiger partial charge is 0.00797 e. The third-order valence-electron chi connectivity index (χ3n) is 4.73. The first kappa shape index (κ1) is 12.4. The van der Waals surface area contributed by atoms with Crippen LogP contribution in [0.3, 0.4) is 0 Å². The molecule has 1 aliphatic carbocycles. The molecule has 1 saturated heterocycles. The summed E-state index contributed by atoms with van der Waals surface area (Å²) in [5.41, 5.74) is 6.81. The van der Waals surface area contributed by atoms with Crippen LogP contribution >= 0.6 is 0 Å². The highest BCUT2D eigenvalue weighted by molar-refractivity contribution is 4.90. The zero-order chi connectivity index (χ0) is 11.8. The second-order valence-electron chi connectivity index (χ2n) is 6.82. The average molecular weight is 224 g/mol. The molecule has 2 fully saturated rings. The van der Waals surface area contributed by atoms with Gasteiger partial charge in [-0.15, -0.1) is 0 Å². The second-order valence-corrected chi connectivity index (χ2v) is 6.82. The van der Waals surface area contributed by atoms with E-state index >= 15 is 0 Å². The van der Waals surface area contributed by atoms with E-state index in [4.69, 9.17) is 5.73 Å². The fourth-order valence-corrected chi connectivity index (χ4v) is 3.52. The number of nitrogens with zero attached hydrogens (tertiary/aromatic N) is 1. The van der Waals surface area contributed by atoms with Crippen LogP contribution in [0.25, 0.3) is 0 Å². The summed E-state index contributed by atoms with van der Waals surface area (Å²) in [4.78, 5) is 2.66. The van der Waals surface area contributed by atoms with Gasteiger partial charge in [-0.25, -0.2) is 0 Å². The van der Waals surface area contributed by atoms with Crippen molar-refractivity contribution in [2.45, 2.75) is 65.0 Å². The SMILES string of the molecule is CC1CCCN1CC1CC(C)(C)CCC1N. The standard InChI is InChI=1S/C14H28N2/c1-11-5-4-8-16(11)10-12-9-14(2,3)7-6-13(12)15/h11-13H,4-10,15H2,1-3H3. The van der Waals surface area contributed by atoms with Crippen molar-refractivity contribution in [1.82, 2.24) is 4.90 Å². The molecule has 1 aliphatic heterocycles. The van der Waals surface area contributed by atoms with Gasteiger partial charge in [0, 0.05) is 18.6 Å². The zero-order valence-electron chi connectivity index (χ0n) is 11.2. The van der Waals surface area contributed by atoms with Crippen molar-refractivity contribution >= 4 is 0 Å². The van der Waals surface area contributed by atoms with Crippen molar-refractivity contribution < 1.29 is 0 Å². The molecular formula is C14H28N2. The number of likely N-dealkylation sites (tertiary alicyclic amines) is 1.